The zero-order valence-corrected chi connectivity index (χ0v) is 14.8. The first-order valence-electron chi connectivity index (χ1n) is 6.48. The molecule has 1 heterocycles. The molecule has 1 aliphatic heterocycles. The van der Waals surface area contributed by atoms with Gasteiger partial charge in [-0.05, 0) is 44.2 Å². The average Bonchev–Trinajstić information content (AvgIpc) is 2.85. The van der Waals surface area contributed by atoms with E-state index in [1.165, 1.54) is 29.6 Å². The molecule has 0 saturated carbocycles. The fraction of sp³-hybridized carbons (Fsp3) is 0.500. The molecule has 1 atom stereocenters. The third-order valence-corrected chi connectivity index (χ3v) is 6.97. The Labute approximate surface area is 137 Å². The van der Waals surface area contributed by atoms with Gasteiger partial charge in [0.2, 0.25) is 20.0 Å². The number of nitrogens with two attached hydrogens (primary N) is 1. The average molecular weight is 370 g/mol. The molecule has 3 N–H and O–H groups in total. The van der Waals surface area contributed by atoms with Crippen molar-refractivity contribution in [1.29, 1.82) is 0 Å². The second kappa shape index (κ2) is 6.81. The molecule has 22 heavy (non-hydrogen) atoms. The van der Waals surface area contributed by atoms with Gasteiger partial charge in [-0.25, -0.2) is 21.6 Å². The SMILES string of the molecule is CNS(=O)(=O)c1ccc(S(=O)(=O)N2CCC(N)C2)cc1C.Cl. The highest BCUT2D eigenvalue weighted by atomic mass is 35.5. The lowest BCUT2D eigenvalue weighted by Crippen LogP contribution is -2.32. The van der Waals surface area contributed by atoms with Crippen molar-refractivity contribution >= 4 is 32.5 Å². The van der Waals surface area contributed by atoms with Gasteiger partial charge in [0.1, 0.15) is 0 Å². The molecule has 7 nitrogen and oxygen atoms in total. The van der Waals surface area contributed by atoms with E-state index in [1.807, 2.05) is 0 Å². The van der Waals surface area contributed by atoms with E-state index in [-0.39, 0.29) is 34.8 Å². The molecule has 0 aromatic heterocycles. The first-order chi connectivity index (χ1) is 9.68. The van der Waals surface area contributed by atoms with Gasteiger partial charge in [-0.2, -0.15) is 4.31 Å². The van der Waals surface area contributed by atoms with Gasteiger partial charge in [-0.1, -0.05) is 0 Å². The van der Waals surface area contributed by atoms with E-state index >= 15 is 0 Å². The molecule has 0 bridgehead atoms. The molecule has 1 aromatic rings. The molecule has 1 saturated heterocycles. The molecule has 1 fully saturated rings. The number of hydrogen-bond donors (Lipinski definition) is 2. The van der Waals surface area contributed by atoms with E-state index in [2.05, 4.69) is 4.72 Å². The molecule has 2 rings (SSSR count). The molecule has 1 aromatic carbocycles. The van der Waals surface area contributed by atoms with Crippen LogP contribution in [0.25, 0.3) is 0 Å². The van der Waals surface area contributed by atoms with Crippen LogP contribution in [0.3, 0.4) is 0 Å². The Bertz CT molecular complexity index is 750. The Morgan fingerprint density at radius 3 is 2.36 bits per heavy atom. The van der Waals surface area contributed by atoms with Gasteiger partial charge in [0.15, 0.2) is 0 Å². The van der Waals surface area contributed by atoms with Crippen LogP contribution < -0.4 is 10.5 Å². The molecular weight excluding hydrogens is 350 g/mol. The number of nitrogens with zero attached hydrogens (tertiary/aromatic N) is 1. The first-order valence-corrected chi connectivity index (χ1v) is 9.41. The summed E-state index contributed by atoms with van der Waals surface area (Å²) in [6.07, 6.45) is 0.629. The lowest BCUT2D eigenvalue weighted by molar-refractivity contribution is 0.472. The van der Waals surface area contributed by atoms with Crippen LogP contribution in [0.2, 0.25) is 0 Å². The van der Waals surface area contributed by atoms with Gasteiger partial charge in [0.05, 0.1) is 9.79 Å². The van der Waals surface area contributed by atoms with Crippen molar-refractivity contribution in [2.75, 3.05) is 20.1 Å². The van der Waals surface area contributed by atoms with Gasteiger partial charge in [0.25, 0.3) is 0 Å². The van der Waals surface area contributed by atoms with E-state index in [9.17, 15) is 16.8 Å². The first kappa shape index (κ1) is 19.3. The quantitative estimate of drug-likeness (QED) is 0.779. The van der Waals surface area contributed by atoms with Crippen molar-refractivity contribution in [3.8, 4) is 0 Å². The topological polar surface area (TPSA) is 110 Å². The van der Waals surface area contributed by atoms with Crippen molar-refractivity contribution in [1.82, 2.24) is 9.03 Å². The summed E-state index contributed by atoms with van der Waals surface area (Å²) in [6.45, 7) is 2.25. The standard InChI is InChI=1S/C12H19N3O4S2.ClH/c1-9-7-11(3-4-12(9)20(16,17)14-2)21(18,19)15-6-5-10(13)8-15;/h3-4,7,10,14H,5-6,8,13H2,1-2H3;1H. The summed E-state index contributed by atoms with van der Waals surface area (Å²) in [5.41, 5.74) is 6.12. The molecule has 1 unspecified atom stereocenters. The minimum Gasteiger partial charge on any atom is -0.326 e. The van der Waals surface area contributed by atoms with Crippen LogP contribution in [-0.2, 0) is 20.0 Å². The normalized spacial score (nSPS) is 19.9. The van der Waals surface area contributed by atoms with Gasteiger partial charge >= 0.3 is 0 Å². The molecule has 0 spiro atoms. The highest BCUT2D eigenvalue weighted by molar-refractivity contribution is 7.89. The molecular formula is C12H20ClN3O4S2. The van der Waals surface area contributed by atoms with Crippen LogP contribution >= 0.6 is 12.4 Å². The van der Waals surface area contributed by atoms with E-state index in [0.29, 0.717) is 18.5 Å². The Morgan fingerprint density at radius 1 is 1.27 bits per heavy atom. The smallest absolute Gasteiger partial charge is 0.243 e. The fourth-order valence-corrected chi connectivity index (χ4v) is 4.86. The maximum absolute atomic E-state index is 12.5. The lowest BCUT2D eigenvalue weighted by atomic mass is 10.2. The van der Waals surface area contributed by atoms with Crippen LogP contribution in [-0.4, -0.2) is 47.3 Å². The molecule has 0 amide bonds. The minimum atomic E-state index is -3.62. The zero-order valence-electron chi connectivity index (χ0n) is 12.3. The second-order valence-electron chi connectivity index (χ2n) is 5.05. The Kier molecular flexibility index (Phi) is 5.99. The second-order valence-corrected chi connectivity index (χ2v) is 8.84. The van der Waals surface area contributed by atoms with Crippen molar-refractivity contribution < 1.29 is 16.8 Å². The largest absolute Gasteiger partial charge is 0.326 e. The third kappa shape index (κ3) is 3.61. The summed E-state index contributed by atoms with van der Waals surface area (Å²) in [7, 11) is -5.91. The maximum Gasteiger partial charge on any atom is 0.243 e. The number of halogens is 1. The molecule has 0 aliphatic carbocycles. The van der Waals surface area contributed by atoms with Crippen LogP contribution in [0.1, 0.15) is 12.0 Å². The number of hydrogen-bond acceptors (Lipinski definition) is 5. The Morgan fingerprint density at radius 2 is 1.91 bits per heavy atom. The number of rotatable bonds is 4. The lowest BCUT2D eigenvalue weighted by Gasteiger charge is -2.17. The van der Waals surface area contributed by atoms with Crippen molar-refractivity contribution in [2.45, 2.75) is 29.2 Å². The molecule has 10 heteroatoms. The summed E-state index contributed by atoms with van der Waals surface area (Å²) < 4.78 is 52.1. The highest BCUT2D eigenvalue weighted by Crippen LogP contribution is 2.24. The monoisotopic (exact) mass is 369 g/mol. The Hall–Kier alpha value is -0.710. The zero-order chi connectivity index (χ0) is 15.8. The summed E-state index contributed by atoms with van der Waals surface area (Å²) >= 11 is 0. The molecule has 0 radical (unpaired) electrons. The predicted octanol–water partition coefficient (Wildman–Crippen LogP) is 0.0466. The molecule has 1 aliphatic rings. The van der Waals surface area contributed by atoms with Gasteiger partial charge in [-0.15, -0.1) is 12.4 Å². The fourth-order valence-electron chi connectivity index (χ4n) is 2.32. The number of aryl methyl sites for hydroxylation is 1. The van der Waals surface area contributed by atoms with Gasteiger partial charge < -0.3 is 5.73 Å². The van der Waals surface area contributed by atoms with E-state index in [1.54, 1.807) is 6.92 Å². The van der Waals surface area contributed by atoms with Crippen molar-refractivity contribution in [3.05, 3.63) is 23.8 Å². The predicted molar refractivity (Wildman–Crippen MR) is 86.0 cm³/mol. The van der Waals surface area contributed by atoms with Crippen molar-refractivity contribution in [3.63, 3.8) is 0 Å². The van der Waals surface area contributed by atoms with Crippen LogP contribution in [0, 0.1) is 6.92 Å². The number of benzene rings is 1. The van der Waals surface area contributed by atoms with Crippen LogP contribution in [0.4, 0.5) is 0 Å². The highest BCUT2D eigenvalue weighted by Gasteiger charge is 2.31. The number of sulfonamides is 2. The number of nitrogens with one attached hydrogen (secondary N) is 1. The van der Waals surface area contributed by atoms with Gasteiger partial charge in [0, 0.05) is 19.1 Å². The summed E-state index contributed by atoms with van der Waals surface area (Å²) in [4.78, 5) is 0.159. The van der Waals surface area contributed by atoms with E-state index in [4.69, 9.17) is 5.73 Å². The maximum atomic E-state index is 12.5. The minimum absolute atomic E-state index is 0. The van der Waals surface area contributed by atoms with Crippen LogP contribution in [0.5, 0.6) is 0 Å². The van der Waals surface area contributed by atoms with Crippen LogP contribution in [0.15, 0.2) is 28.0 Å². The summed E-state index contributed by atoms with van der Waals surface area (Å²) in [5, 5.41) is 0. The van der Waals surface area contributed by atoms with Gasteiger partial charge in [-0.3, -0.25) is 0 Å². The van der Waals surface area contributed by atoms with E-state index < -0.39 is 20.0 Å². The van der Waals surface area contributed by atoms with Crippen molar-refractivity contribution in [2.24, 2.45) is 5.73 Å². The summed E-state index contributed by atoms with van der Waals surface area (Å²) in [5.74, 6) is 0. The molecule has 126 valence electrons. The summed E-state index contributed by atoms with van der Waals surface area (Å²) in [6, 6.07) is 3.86. The Balaban J connectivity index is 0.00000242. The van der Waals surface area contributed by atoms with E-state index in [0.717, 1.165) is 0 Å². The third-order valence-electron chi connectivity index (χ3n) is 3.53.